The first kappa shape index (κ1) is 17.3. The van der Waals surface area contributed by atoms with Crippen LogP contribution in [0.5, 0.6) is 0 Å². The average Bonchev–Trinajstić information content (AvgIpc) is 2.92. The zero-order valence-electron chi connectivity index (χ0n) is 12.9. The Hall–Kier alpha value is -2.08. The van der Waals surface area contributed by atoms with Gasteiger partial charge in [0.15, 0.2) is 0 Å². The van der Waals surface area contributed by atoms with Crippen LogP contribution in [0.4, 0.5) is 5.69 Å². The fourth-order valence-corrected chi connectivity index (χ4v) is 2.82. The maximum Gasteiger partial charge on any atom is 0.323 e. The van der Waals surface area contributed by atoms with Crippen molar-refractivity contribution >= 4 is 35.1 Å². The van der Waals surface area contributed by atoms with E-state index in [4.69, 9.17) is 16.7 Å². The van der Waals surface area contributed by atoms with Crippen LogP contribution in [0, 0.1) is 0 Å². The fraction of sp³-hybridized carbons (Fsp3) is 0.438. The van der Waals surface area contributed by atoms with Crippen LogP contribution in [0.3, 0.4) is 0 Å². The number of carbonyl (C=O) groups is 3. The van der Waals surface area contributed by atoms with Crippen molar-refractivity contribution in [3.05, 3.63) is 28.8 Å². The van der Waals surface area contributed by atoms with Crippen LogP contribution >= 0.6 is 11.6 Å². The summed E-state index contributed by atoms with van der Waals surface area (Å²) < 4.78 is 0. The van der Waals surface area contributed by atoms with Gasteiger partial charge in [-0.1, -0.05) is 18.5 Å². The second-order valence-electron chi connectivity index (χ2n) is 5.43. The minimum absolute atomic E-state index is 0.0154. The van der Waals surface area contributed by atoms with Gasteiger partial charge in [0.05, 0.1) is 10.6 Å². The fourth-order valence-electron chi connectivity index (χ4n) is 2.62. The monoisotopic (exact) mass is 338 g/mol. The first-order chi connectivity index (χ1) is 10.9. The molecule has 1 N–H and O–H groups in total. The molecule has 0 atom stereocenters. The van der Waals surface area contributed by atoms with Gasteiger partial charge in [0.2, 0.25) is 5.91 Å². The highest BCUT2D eigenvalue weighted by Gasteiger charge is 2.25. The molecular formula is C16H19ClN2O4. The van der Waals surface area contributed by atoms with Crippen LogP contribution in [0.25, 0.3) is 0 Å². The van der Waals surface area contributed by atoms with Crippen LogP contribution in [0.2, 0.25) is 5.02 Å². The maximum absolute atomic E-state index is 12.6. The Morgan fingerprint density at radius 1 is 1.39 bits per heavy atom. The number of aliphatic carboxylic acids is 1. The van der Waals surface area contributed by atoms with Gasteiger partial charge in [0.1, 0.15) is 6.54 Å². The zero-order chi connectivity index (χ0) is 17.0. The Balaban J connectivity index is 2.31. The molecule has 1 heterocycles. The number of carboxylic acid groups (broad SMARTS) is 1. The van der Waals surface area contributed by atoms with Gasteiger partial charge in [-0.15, -0.1) is 0 Å². The molecule has 0 bridgehead atoms. The Bertz CT molecular complexity index is 633. The van der Waals surface area contributed by atoms with Gasteiger partial charge in [-0.3, -0.25) is 14.4 Å². The van der Waals surface area contributed by atoms with E-state index in [0.29, 0.717) is 31.6 Å². The first-order valence-corrected chi connectivity index (χ1v) is 7.92. The summed E-state index contributed by atoms with van der Waals surface area (Å²) in [5.74, 6) is -1.50. The molecule has 2 rings (SSSR count). The summed E-state index contributed by atoms with van der Waals surface area (Å²) in [6, 6.07) is 4.84. The summed E-state index contributed by atoms with van der Waals surface area (Å²) in [6.07, 6.45) is 1.92. The van der Waals surface area contributed by atoms with E-state index in [1.54, 1.807) is 23.1 Å². The van der Waals surface area contributed by atoms with Crippen molar-refractivity contribution in [2.24, 2.45) is 0 Å². The molecule has 0 aliphatic carbocycles. The molecule has 0 saturated carbocycles. The van der Waals surface area contributed by atoms with Crippen molar-refractivity contribution in [1.29, 1.82) is 0 Å². The highest BCUT2D eigenvalue weighted by molar-refractivity contribution is 6.34. The molecule has 0 unspecified atom stereocenters. The second-order valence-corrected chi connectivity index (χ2v) is 5.84. The number of rotatable bonds is 6. The van der Waals surface area contributed by atoms with Crippen molar-refractivity contribution < 1.29 is 19.5 Å². The molecule has 124 valence electrons. The number of benzene rings is 1. The number of amides is 2. The number of anilines is 1. The van der Waals surface area contributed by atoms with Crippen LogP contribution in [-0.4, -0.2) is 47.4 Å². The van der Waals surface area contributed by atoms with E-state index in [0.717, 1.165) is 6.42 Å². The molecule has 0 aromatic heterocycles. The lowest BCUT2D eigenvalue weighted by molar-refractivity contribution is -0.137. The number of carboxylic acids is 1. The SMILES string of the molecule is CCCN(CC(=O)O)C(=O)c1cc(N2CCCC2=O)ccc1Cl. The van der Waals surface area contributed by atoms with Gasteiger partial charge < -0.3 is 14.9 Å². The van der Waals surface area contributed by atoms with Crippen molar-refractivity contribution in [2.45, 2.75) is 26.2 Å². The smallest absolute Gasteiger partial charge is 0.323 e. The van der Waals surface area contributed by atoms with Gasteiger partial charge in [-0.2, -0.15) is 0 Å². The van der Waals surface area contributed by atoms with Crippen molar-refractivity contribution in [1.82, 2.24) is 4.90 Å². The number of halogens is 1. The van der Waals surface area contributed by atoms with E-state index in [1.165, 1.54) is 4.90 Å². The number of hydrogen-bond acceptors (Lipinski definition) is 3. The highest BCUT2D eigenvalue weighted by atomic mass is 35.5. The minimum Gasteiger partial charge on any atom is -0.480 e. The Labute approximate surface area is 139 Å². The molecular weight excluding hydrogens is 320 g/mol. The molecule has 1 aromatic carbocycles. The Morgan fingerprint density at radius 3 is 2.70 bits per heavy atom. The standard InChI is InChI=1S/C16H19ClN2O4/c1-2-7-18(10-15(21)22)16(23)12-9-11(5-6-13(12)17)19-8-3-4-14(19)20/h5-6,9H,2-4,7-8,10H2,1H3,(H,21,22). The second kappa shape index (κ2) is 7.46. The predicted molar refractivity (Wildman–Crippen MR) is 86.9 cm³/mol. The topological polar surface area (TPSA) is 77.9 Å². The molecule has 23 heavy (non-hydrogen) atoms. The third-order valence-corrected chi connectivity index (χ3v) is 4.00. The van der Waals surface area contributed by atoms with E-state index in [1.807, 2.05) is 6.92 Å². The third-order valence-electron chi connectivity index (χ3n) is 3.67. The molecule has 1 aromatic rings. The number of carbonyl (C=O) groups excluding carboxylic acids is 2. The summed E-state index contributed by atoms with van der Waals surface area (Å²) in [6.45, 7) is 2.43. The molecule has 1 aliphatic rings. The summed E-state index contributed by atoms with van der Waals surface area (Å²) in [5, 5.41) is 9.20. The lowest BCUT2D eigenvalue weighted by atomic mass is 10.1. The van der Waals surface area contributed by atoms with E-state index in [2.05, 4.69) is 0 Å². The molecule has 1 saturated heterocycles. The van der Waals surface area contributed by atoms with E-state index >= 15 is 0 Å². The van der Waals surface area contributed by atoms with Gasteiger partial charge >= 0.3 is 5.97 Å². The molecule has 1 aliphatic heterocycles. The number of nitrogens with zero attached hydrogens (tertiary/aromatic N) is 2. The number of hydrogen-bond donors (Lipinski definition) is 1. The lowest BCUT2D eigenvalue weighted by Crippen LogP contribution is -2.36. The lowest BCUT2D eigenvalue weighted by Gasteiger charge is -2.22. The molecule has 1 fully saturated rings. The Kier molecular flexibility index (Phi) is 5.60. The quantitative estimate of drug-likeness (QED) is 0.864. The Morgan fingerprint density at radius 2 is 2.13 bits per heavy atom. The van der Waals surface area contributed by atoms with Crippen LogP contribution in [-0.2, 0) is 9.59 Å². The normalized spacial score (nSPS) is 14.2. The molecule has 6 nitrogen and oxygen atoms in total. The zero-order valence-corrected chi connectivity index (χ0v) is 13.7. The van der Waals surface area contributed by atoms with Gasteiger partial charge in [0, 0.05) is 25.2 Å². The molecule has 2 amide bonds. The molecule has 0 spiro atoms. The van der Waals surface area contributed by atoms with Crippen LogP contribution in [0.15, 0.2) is 18.2 Å². The van der Waals surface area contributed by atoms with E-state index < -0.39 is 11.9 Å². The third kappa shape index (κ3) is 4.01. The van der Waals surface area contributed by atoms with E-state index in [-0.39, 0.29) is 23.0 Å². The van der Waals surface area contributed by atoms with Crippen molar-refractivity contribution in [3.63, 3.8) is 0 Å². The first-order valence-electron chi connectivity index (χ1n) is 7.55. The summed E-state index contributed by atoms with van der Waals surface area (Å²) in [5.41, 5.74) is 0.839. The maximum atomic E-state index is 12.6. The largest absolute Gasteiger partial charge is 0.480 e. The summed E-state index contributed by atoms with van der Waals surface area (Å²) in [7, 11) is 0. The average molecular weight is 339 g/mol. The van der Waals surface area contributed by atoms with Gasteiger partial charge in [-0.05, 0) is 31.0 Å². The minimum atomic E-state index is -1.08. The van der Waals surface area contributed by atoms with Crippen molar-refractivity contribution in [2.75, 3.05) is 24.5 Å². The van der Waals surface area contributed by atoms with Crippen LogP contribution < -0.4 is 4.90 Å². The predicted octanol–water partition coefficient (Wildman–Crippen LogP) is 2.40. The van der Waals surface area contributed by atoms with Crippen LogP contribution in [0.1, 0.15) is 36.5 Å². The van der Waals surface area contributed by atoms with E-state index in [9.17, 15) is 14.4 Å². The molecule has 7 heteroatoms. The van der Waals surface area contributed by atoms with Gasteiger partial charge in [-0.25, -0.2) is 0 Å². The summed E-state index contributed by atoms with van der Waals surface area (Å²) in [4.78, 5) is 38.3. The summed E-state index contributed by atoms with van der Waals surface area (Å²) >= 11 is 6.12. The molecule has 0 radical (unpaired) electrons. The highest BCUT2D eigenvalue weighted by Crippen LogP contribution is 2.27. The van der Waals surface area contributed by atoms with Gasteiger partial charge in [0.25, 0.3) is 5.91 Å². The van der Waals surface area contributed by atoms with Crippen molar-refractivity contribution in [3.8, 4) is 0 Å².